The minimum Gasteiger partial charge on any atom is -0.497 e. The number of carbonyl (C=O) groups excluding carboxylic acids is 1. The van der Waals surface area contributed by atoms with E-state index in [4.69, 9.17) is 21.2 Å². The van der Waals surface area contributed by atoms with E-state index in [9.17, 15) is 9.18 Å². The van der Waals surface area contributed by atoms with E-state index >= 15 is 0 Å². The molecule has 9 nitrogen and oxygen atoms in total. The van der Waals surface area contributed by atoms with E-state index in [2.05, 4.69) is 10.2 Å². The Bertz CT molecular complexity index is 996. The van der Waals surface area contributed by atoms with Crippen LogP contribution in [-0.2, 0) is 6.54 Å². The molecule has 0 unspecified atom stereocenters. The number of benzene rings is 2. The number of urea groups is 1. The second-order valence-electron chi connectivity index (χ2n) is 6.15. The summed E-state index contributed by atoms with van der Waals surface area (Å²) in [5.41, 5.74) is 2.43. The fourth-order valence-electron chi connectivity index (χ4n) is 2.81. The number of nitrogens with two attached hydrogens (primary N) is 2. The molecule has 3 rings (SSSR count). The van der Waals surface area contributed by atoms with Crippen molar-refractivity contribution in [2.75, 3.05) is 19.2 Å². The van der Waals surface area contributed by atoms with Gasteiger partial charge in [-0.15, -0.1) is 0 Å². The van der Waals surface area contributed by atoms with E-state index in [1.54, 1.807) is 36.7 Å². The predicted molar refractivity (Wildman–Crippen MR) is 105 cm³/mol. The Morgan fingerprint density at radius 2 is 1.97 bits per heavy atom. The van der Waals surface area contributed by atoms with Gasteiger partial charge >= 0.3 is 6.03 Å². The Labute approximate surface area is 166 Å². The molecule has 0 fully saturated rings. The molecule has 0 bridgehead atoms. The number of nitrogens with zero attached hydrogens (tertiary/aromatic N) is 3. The molecular weight excluding hydrogens is 379 g/mol. The fourth-order valence-corrected chi connectivity index (χ4v) is 2.81. The van der Waals surface area contributed by atoms with Crippen LogP contribution >= 0.6 is 0 Å². The summed E-state index contributed by atoms with van der Waals surface area (Å²) < 4.78 is 24.1. The van der Waals surface area contributed by atoms with Crippen LogP contribution in [0.5, 0.6) is 11.5 Å². The van der Waals surface area contributed by atoms with E-state index in [0.717, 1.165) is 21.1 Å². The van der Waals surface area contributed by atoms with Crippen LogP contribution in [0.2, 0.25) is 0 Å². The lowest BCUT2D eigenvalue weighted by Gasteiger charge is -2.24. The molecule has 0 aliphatic heterocycles. The highest BCUT2D eigenvalue weighted by atomic mass is 19.1. The summed E-state index contributed by atoms with van der Waals surface area (Å²) in [5, 5.41) is 8.41. The molecule has 0 saturated heterocycles. The van der Waals surface area contributed by atoms with Crippen LogP contribution in [0, 0.1) is 5.82 Å². The Morgan fingerprint density at radius 3 is 2.62 bits per heavy atom. The monoisotopic (exact) mass is 400 g/mol. The average Bonchev–Trinajstić information content (AvgIpc) is 3.26. The summed E-state index contributed by atoms with van der Waals surface area (Å²) in [6.45, 7) is -0.0646. The van der Waals surface area contributed by atoms with E-state index in [0.29, 0.717) is 22.7 Å². The van der Waals surface area contributed by atoms with Crippen molar-refractivity contribution in [1.82, 2.24) is 15.2 Å². The van der Waals surface area contributed by atoms with E-state index < -0.39 is 11.8 Å². The predicted octanol–water partition coefficient (Wildman–Crippen LogP) is 2.41. The molecule has 0 aliphatic carbocycles. The Kier molecular flexibility index (Phi) is 5.96. The number of aromatic amines is 1. The summed E-state index contributed by atoms with van der Waals surface area (Å²) in [6, 6.07) is 8.41. The number of hydrazine groups is 2. The molecule has 2 aromatic carbocycles. The lowest BCUT2D eigenvalue weighted by Crippen LogP contribution is -2.50. The van der Waals surface area contributed by atoms with Gasteiger partial charge in [0.25, 0.3) is 0 Å². The third-order valence-electron chi connectivity index (χ3n) is 4.24. The highest BCUT2D eigenvalue weighted by Crippen LogP contribution is 2.32. The SMILES string of the molecule is COc1cc(F)cc(CN(N)C(=O)N(N)c2ccc(-c3cn[nH]c3)c(OC)c2)c1. The molecule has 3 aromatic rings. The van der Waals surface area contributed by atoms with Crippen molar-refractivity contribution in [2.45, 2.75) is 6.54 Å². The zero-order chi connectivity index (χ0) is 21.0. The van der Waals surface area contributed by atoms with Gasteiger partial charge in [0, 0.05) is 29.5 Å². The zero-order valence-corrected chi connectivity index (χ0v) is 15.9. The van der Waals surface area contributed by atoms with Gasteiger partial charge in [-0.05, 0) is 29.8 Å². The quantitative estimate of drug-likeness (QED) is 0.332. The molecule has 2 amide bonds. The molecule has 1 heterocycles. The van der Waals surface area contributed by atoms with Crippen molar-refractivity contribution in [3.63, 3.8) is 0 Å². The number of rotatable bonds is 6. The minimum absolute atomic E-state index is 0.0646. The van der Waals surface area contributed by atoms with Gasteiger partial charge in [0.1, 0.15) is 17.3 Å². The van der Waals surface area contributed by atoms with Gasteiger partial charge in [0.2, 0.25) is 0 Å². The van der Waals surface area contributed by atoms with Crippen LogP contribution in [-0.4, -0.2) is 35.5 Å². The van der Waals surface area contributed by atoms with Crippen LogP contribution in [0.1, 0.15) is 5.56 Å². The van der Waals surface area contributed by atoms with Gasteiger partial charge in [0.05, 0.1) is 32.6 Å². The van der Waals surface area contributed by atoms with Crippen LogP contribution < -0.4 is 26.2 Å². The molecule has 0 atom stereocenters. The van der Waals surface area contributed by atoms with Gasteiger partial charge in [0.15, 0.2) is 0 Å². The number of ether oxygens (including phenoxy) is 2. The summed E-state index contributed by atoms with van der Waals surface area (Å²) in [5.74, 6) is 12.2. The molecule has 5 N–H and O–H groups in total. The van der Waals surface area contributed by atoms with Gasteiger partial charge in [-0.1, -0.05) is 0 Å². The third-order valence-corrected chi connectivity index (χ3v) is 4.24. The van der Waals surface area contributed by atoms with Gasteiger partial charge < -0.3 is 9.47 Å². The summed E-state index contributed by atoms with van der Waals surface area (Å²) in [7, 11) is 2.93. The lowest BCUT2D eigenvalue weighted by atomic mass is 10.1. The average molecular weight is 400 g/mol. The lowest BCUT2D eigenvalue weighted by molar-refractivity contribution is 0.203. The van der Waals surface area contributed by atoms with Crippen molar-refractivity contribution in [2.24, 2.45) is 11.7 Å². The summed E-state index contributed by atoms with van der Waals surface area (Å²) >= 11 is 0. The molecule has 0 aliphatic rings. The normalized spacial score (nSPS) is 10.5. The number of aromatic nitrogens is 2. The Morgan fingerprint density at radius 1 is 1.17 bits per heavy atom. The number of carbonyl (C=O) groups is 1. The number of hydrogen-bond acceptors (Lipinski definition) is 6. The Balaban J connectivity index is 1.78. The maximum atomic E-state index is 13.6. The highest BCUT2D eigenvalue weighted by Gasteiger charge is 2.20. The number of nitrogens with one attached hydrogen (secondary N) is 1. The first-order valence-corrected chi connectivity index (χ1v) is 8.54. The molecule has 29 heavy (non-hydrogen) atoms. The molecule has 0 spiro atoms. The van der Waals surface area contributed by atoms with E-state index in [1.807, 2.05) is 0 Å². The number of H-pyrrole nitrogens is 1. The number of amides is 2. The fraction of sp³-hybridized carbons (Fsp3) is 0.158. The van der Waals surface area contributed by atoms with Crippen molar-refractivity contribution in [3.05, 3.63) is 60.2 Å². The van der Waals surface area contributed by atoms with Gasteiger partial charge in [-0.3, -0.25) is 10.1 Å². The van der Waals surface area contributed by atoms with Crippen LogP contribution in [0.3, 0.4) is 0 Å². The van der Waals surface area contributed by atoms with Crippen LogP contribution in [0.15, 0.2) is 48.8 Å². The van der Waals surface area contributed by atoms with Crippen LogP contribution in [0.25, 0.3) is 11.1 Å². The van der Waals surface area contributed by atoms with E-state index in [1.165, 1.54) is 26.4 Å². The maximum absolute atomic E-state index is 13.6. The summed E-state index contributed by atoms with van der Waals surface area (Å²) in [4.78, 5) is 12.6. The largest absolute Gasteiger partial charge is 0.497 e. The molecular formula is C19H21FN6O3. The van der Waals surface area contributed by atoms with Gasteiger partial charge in [-0.25, -0.2) is 25.9 Å². The third kappa shape index (κ3) is 4.45. The van der Waals surface area contributed by atoms with Crippen molar-refractivity contribution in [3.8, 4) is 22.6 Å². The van der Waals surface area contributed by atoms with Crippen molar-refractivity contribution >= 4 is 11.7 Å². The van der Waals surface area contributed by atoms with Crippen molar-refractivity contribution < 1.29 is 18.7 Å². The standard InChI is InChI=1S/C19H21FN6O3/c1-28-16-6-12(5-14(20)7-16)11-25(21)19(27)26(22)15-3-4-17(18(8-15)29-2)13-9-23-24-10-13/h3-10H,11,21-22H2,1-2H3,(H,23,24). The first-order valence-electron chi connectivity index (χ1n) is 8.54. The first-order chi connectivity index (χ1) is 13.9. The first kappa shape index (κ1) is 20.1. The molecule has 1 aromatic heterocycles. The smallest absolute Gasteiger partial charge is 0.353 e. The minimum atomic E-state index is -0.689. The topological polar surface area (TPSA) is 123 Å². The second kappa shape index (κ2) is 8.59. The summed E-state index contributed by atoms with van der Waals surface area (Å²) in [6.07, 6.45) is 3.37. The molecule has 152 valence electrons. The Hall–Kier alpha value is -3.63. The maximum Gasteiger partial charge on any atom is 0.353 e. The molecule has 0 radical (unpaired) electrons. The highest BCUT2D eigenvalue weighted by molar-refractivity contribution is 5.91. The molecule has 0 saturated carbocycles. The number of halogens is 1. The van der Waals surface area contributed by atoms with Gasteiger partial charge in [-0.2, -0.15) is 5.10 Å². The number of hydrogen-bond donors (Lipinski definition) is 3. The number of methoxy groups -OCH3 is 2. The zero-order valence-electron chi connectivity index (χ0n) is 15.9. The van der Waals surface area contributed by atoms with Crippen molar-refractivity contribution in [1.29, 1.82) is 0 Å². The van der Waals surface area contributed by atoms with Crippen LogP contribution in [0.4, 0.5) is 14.9 Å². The second-order valence-corrected chi connectivity index (χ2v) is 6.15. The van der Waals surface area contributed by atoms with E-state index in [-0.39, 0.29) is 6.54 Å². The number of anilines is 1. The molecule has 10 heteroatoms.